The summed E-state index contributed by atoms with van der Waals surface area (Å²) in [5, 5.41) is 44.9. The molecular weight excluding hydrogens is 877 g/mol. The molecule has 2 aromatic heterocycles. The molecule has 2 amide bonds. The molecule has 1 aliphatic rings. The highest BCUT2D eigenvalue weighted by Gasteiger charge is 2.47. The van der Waals surface area contributed by atoms with E-state index in [2.05, 4.69) is 43.5 Å². The number of phenolic OH excluding ortho intramolecular Hbond substituents is 2. The Balaban J connectivity index is 1.22. The fraction of sp³-hybridized carbons (Fsp3) is 0.500. The molecule has 1 aromatic carbocycles. The minimum Gasteiger partial charge on any atom is -0.790 e. The van der Waals surface area contributed by atoms with E-state index >= 15 is 0 Å². The maximum absolute atomic E-state index is 12.6. The van der Waals surface area contributed by atoms with Crippen molar-refractivity contribution in [3.63, 3.8) is 0 Å². The molecule has 1 fully saturated rings. The number of rotatable bonds is 20. The third-order valence-electron chi connectivity index (χ3n) is 8.12. The average Bonchev–Trinajstić information content (AvgIpc) is 3.70. The fourth-order valence-electron chi connectivity index (χ4n) is 5.09. The minimum atomic E-state index is -5.94. The third-order valence-corrected chi connectivity index (χ3v) is 12.0. The molecule has 4 rings (SSSR count). The lowest BCUT2D eigenvalue weighted by molar-refractivity contribution is -0.347. The molecule has 0 radical (unpaired) electrons. The standard InChI is InChI=1S/C28H41N8O19P3S/c1-28(2,22(41)25(42)32-6-5-16(38)31-7-8-59-27(43)13-3-4-14(37)17(29)19(13)39)10-52-58(49,50)55-57(47,48)51-9-15-21(54-56(44,45)46)20(40)26(53-15)36-12-35-18-23(30)33-11-34-24(18)36/h3-4,11-12,15,20-22,26,37,39-41H,5-10,29H2,1-2H3,(H,31,38)(H,32,42)(H,47,48)(H,49,50)(H2,30,33,34)(H2,44,45,46)/p-4/t15-,20-,21-,22+,26-/m1/s1. The van der Waals surface area contributed by atoms with E-state index in [1.165, 1.54) is 6.07 Å². The molecule has 0 bridgehead atoms. The topological polar surface area (TPSA) is 441 Å². The van der Waals surface area contributed by atoms with Gasteiger partial charge in [0.15, 0.2) is 23.4 Å². The molecule has 10 N–H and O–H groups in total. The Kier molecular flexibility index (Phi) is 15.6. The lowest BCUT2D eigenvalue weighted by atomic mass is 9.87. The van der Waals surface area contributed by atoms with Crippen LogP contribution in [0.2, 0.25) is 0 Å². The molecule has 2 unspecified atom stereocenters. The number of nitrogens with one attached hydrogen (secondary N) is 2. The summed E-state index contributed by atoms with van der Waals surface area (Å²) in [6, 6.07) is 2.31. The Morgan fingerprint density at radius 2 is 1.71 bits per heavy atom. The zero-order chi connectivity index (χ0) is 44.1. The van der Waals surface area contributed by atoms with Crippen LogP contribution >= 0.6 is 35.2 Å². The Labute approximate surface area is 336 Å². The molecule has 7 atom stereocenters. The largest absolute Gasteiger partial charge is 0.790 e. The van der Waals surface area contributed by atoms with Gasteiger partial charge in [-0.2, -0.15) is 0 Å². The number of phosphoric ester groups is 3. The molecule has 0 saturated carbocycles. The second-order valence-corrected chi connectivity index (χ2v) is 18.1. The molecule has 27 nitrogen and oxygen atoms in total. The summed E-state index contributed by atoms with van der Waals surface area (Å²) in [4.78, 5) is 96.4. The van der Waals surface area contributed by atoms with Crippen LogP contribution in [-0.2, 0) is 45.9 Å². The first kappa shape index (κ1) is 47.9. The number of aliphatic hydroxyl groups excluding tert-OH is 2. The summed E-state index contributed by atoms with van der Waals surface area (Å²) < 4.78 is 60.4. The summed E-state index contributed by atoms with van der Waals surface area (Å²) in [5.41, 5.74) is 8.96. The second kappa shape index (κ2) is 19.3. The van der Waals surface area contributed by atoms with Gasteiger partial charge in [-0.1, -0.05) is 25.6 Å². The second-order valence-electron chi connectivity index (χ2n) is 13.0. The number of carbonyl (C=O) groups is 3. The smallest absolute Gasteiger partial charge is 0.274 e. The lowest BCUT2D eigenvalue weighted by Gasteiger charge is -2.36. The van der Waals surface area contributed by atoms with E-state index in [1.807, 2.05) is 0 Å². The Bertz CT molecular complexity index is 2180. The number of amides is 2. The number of hydrogen-bond donors (Lipinski definition) is 8. The van der Waals surface area contributed by atoms with Gasteiger partial charge < -0.3 is 85.0 Å². The normalized spacial score (nSPS) is 21.1. The first-order chi connectivity index (χ1) is 27.3. The first-order valence-corrected chi connectivity index (χ1v) is 22.0. The molecule has 0 spiro atoms. The molecule has 3 heterocycles. The van der Waals surface area contributed by atoms with E-state index in [1.54, 1.807) is 0 Å². The van der Waals surface area contributed by atoms with Crippen LogP contribution in [0.4, 0.5) is 11.5 Å². The van der Waals surface area contributed by atoms with Crippen molar-refractivity contribution < 1.29 is 90.7 Å². The van der Waals surface area contributed by atoms with Crippen LogP contribution in [0.1, 0.15) is 36.9 Å². The lowest BCUT2D eigenvalue weighted by Crippen LogP contribution is -2.46. The van der Waals surface area contributed by atoms with Crippen LogP contribution in [0.5, 0.6) is 11.5 Å². The molecular formula is C28H37N8O19P3S-4. The highest BCUT2D eigenvalue weighted by atomic mass is 32.2. The number of fused-ring (bicyclic) bond motifs is 1. The number of aromatic hydroxyl groups is 2. The summed E-state index contributed by atoms with van der Waals surface area (Å²) in [6.45, 7) is -0.307. The first-order valence-electron chi connectivity index (χ1n) is 16.6. The number of thioether (sulfide) groups is 1. The number of nitrogens with two attached hydrogens (primary N) is 2. The van der Waals surface area contributed by atoms with Crippen molar-refractivity contribution in [1.29, 1.82) is 0 Å². The fourth-order valence-corrected chi connectivity index (χ4v) is 8.54. The highest BCUT2D eigenvalue weighted by molar-refractivity contribution is 8.14. The van der Waals surface area contributed by atoms with Gasteiger partial charge in [0.2, 0.25) is 16.9 Å². The van der Waals surface area contributed by atoms with Gasteiger partial charge in [0.1, 0.15) is 47.7 Å². The number of ether oxygens (including phenoxy) is 1. The molecule has 1 saturated heterocycles. The number of phenols is 2. The summed E-state index contributed by atoms with van der Waals surface area (Å²) in [5.74, 6) is -2.65. The number of hydrogen-bond acceptors (Lipinski definition) is 25. The molecule has 0 aliphatic carbocycles. The number of nitrogen functional groups attached to an aromatic ring is 2. The Hall–Kier alpha value is -3.82. The summed E-state index contributed by atoms with van der Waals surface area (Å²) in [7, 11) is -17.7. The van der Waals surface area contributed by atoms with Crippen molar-refractivity contribution in [1.82, 2.24) is 30.2 Å². The molecule has 328 valence electrons. The predicted octanol–water partition coefficient (Wildman–Crippen LogP) is -3.56. The van der Waals surface area contributed by atoms with Crippen molar-refractivity contribution in [2.45, 2.75) is 50.9 Å². The maximum atomic E-state index is 12.6. The van der Waals surface area contributed by atoms with Crippen LogP contribution in [-0.4, -0.2) is 113 Å². The molecule has 31 heteroatoms. The van der Waals surface area contributed by atoms with E-state index < -0.39 is 101 Å². The monoisotopic (exact) mass is 914 g/mol. The number of aliphatic hydroxyl groups is 2. The predicted molar refractivity (Wildman–Crippen MR) is 192 cm³/mol. The molecule has 1 aliphatic heterocycles. The van der Waals surface area contributed by atoms with Gasteiger partial charge in [0.25, 0.3) is 15.6 Å². The van der Waals surface area contributed by atoms with Gasteiger partial charge in [-0.05, 0) is 12.1 Å². The van der Waals surface area contributed by atoms with Crippen LogP contribution in [0.15, 0.2) is 24.8 Å². The highest BCUT2D eigenvalue weighted by Crippen LogP contribution is 2.56. The zero-order valence-corrected chi connectivity index (χ0v) is 34.0. The molecule has 3 aromatic rings. The van der Waals surface area contributed by atoms with Crippen molar-refractivity contribution >= 4 is 74.8 Å². The number of anilines is 2. The minimum absolute atomic E-state index is 0.00155. The van der Waals surface area contributed by atoms with Crippen LogP contribution in [0, 0.1) is 5.41 Å². The van der Waals surface area contributed by atoms with Crippen LogP contribution < -0.4 is 41.7 Å². The number of benzene rings is 1. The van der Waals surface area contributed by atoms with Crippen LogP contribution in [0.3, 0.4) is 0 Å². The quantitative estimate of drug-likeness (QED) is 0.0235. The average molecular weight is 915 g/mol. The van der Waals surface area contributed by atoms with E-state index in [0.717, 1.165) is 48.9 Å². The number of phosphoric acid groups is 3. The van der Waals surface area contributed by atoms with Crippen molar-refractivity contribution in [2.75, 3.05) is 43.5 Å². The third kappa shape index (κ3) is 12.8. The van der Waals surface area contributed by atoms with Gasteiger partial charge >= 0.3 is 0 Å². The zero-order valence-electron chi connectivity index (χ0n) is 30.5. The summed E-state index contributed by atoms with van der Waals surface area (Å²) in [6.07, 6.45) is -7.84. The van der Waals surface area contributed by atoms with E-state index in [9.17, 15) is 68.1 Å². The van der Waals surface area contributed by atoms with E-state index in [4.69, 9.17) is 16.2 Å². The van der Waals surface area contributed by atoms with Gasteiger partial charge in [0, 0.05) is 30.7 Å². The van der Waals surface area contributed by atoms with Gasteiger partial charge in [0.05, 0.1) is 32.9 Å². The number of aromatic nitrogens is 4. The maximum Gasteiger partial charge on any atom is 0.274 e. The summed E-state index contributed by atoms with van der Waals surface area (Å²) >= 11 is 0.743. The Morgan fingerprint density at radius 1 is 1.03 bits per heavy atom. The number of imidazole rings is 1. The van der Waals surface area contributed by atoms with E-state index in [-0.39, 0.29) is 53.5 Å². The molecule has 59 heavy (non-hydrogen) atoms. The van der Waals surface area contributed by atoms with Crippen molar-refractivity contribution in [3.8, 4) is 11.5 Å². The Morgan fingerprint density at radius 3 is 2.39 bits per heavy atom. The van der Waals surface area contributed by atoms with Crippen molar-refractivity contribution in [3.05, 3.63) is 30.4 Å². The van der Waals surface area contributed by atoms with Gasteiger partial charge in [-0.15, -0.1) is 0 Å². The van der Waals surface area contributed by atoms with Crippen molar-refractivity contribution in [2.24, 2.45) is 5.41 Å². The SMILES string of the molecule is CC(C)(COP(=O)([O-])OP(=O)([O-])OC[C@H]1O[C@@H](n2cnc3c(N)ncnc32)[C@H](O)[C@@H]1OP(=O)([O-])[O-])[C@@H](O)C(=O)NCCC(=O)NCCSC(=O)c1ccc(O)c(N)c1O. The number of carbonyl (C=O) groups excluding carboxylic acids is 3. The number of nitrogens with zero attached hydrogens (tertiary/aromatic N) is 4. The van der Waals surface area contributed by atoms with Crippen LogP contribution in [0.25, 0.3) is 11.2 Å². The van der Waals surface area contributed by atoms with Gasteiger partial charge in [-0.25, -0.2) is 19.3 Å². The van der Waals surface area contributed by atoms with Gasteiger partial charge in [-0.3, -0.25) is 28.1 Å². The van der Waals surface area contributed by atoms with E-state index in [0.29, 0.717) is 0 Å².